The molecule has 3 nitrogen and oxygen atoms in total. The molecule has 0 aliphatic carbocycles. The van der Waals surface area contributed by atoms with Crippen molar-refractivity contribution < 1.29 is 18.7 Å². The highest BCUT2D eigenvalue weighted by Gasteiger charge is 2.14. The van der Waals surface area contributed by atoms with E-state index in [1.165, 1.54) is 12.1 Å². The van der Waals surface area contributed by atoms with E-state index in [1.807, 2.05) is 0 Å². The minimum Gasteiger partial charge on any atom is -0.462 e. The third-order valence-corrected chi connectivity index (χ3v) is 2.11. The number of carbonyl (C=O) groups excluding carboxylic acids is 2. The number of benzene rings is 1. The molecule has 1 aromatic rings. The molecule has 0 aliphatic rings. The van der Waals surface area contributed by atoms with E-state index in [2.05, 4.69) is 4.74 Å². The molecule has 4 heteroatoms. The maximum atomic E-state index is 13.5. The molecule has 0 spiro atoms. The average molecular weight is 224 g/mol. The van der Waals surface area contributed by atoms with E-state index in [-0.39, 0.29) is 23.5 Å². The lowest BCUT2D eigenvalue weighted by atomic mass is 10.1. The second kappa shape index (κ2) is 5.39. The van der Waals surface area contributed by atoms with Crippen molar-refractivity contribution in [2.45, 2.75) is 20.3 Å². The van der Waals surface area contributed by atoms with E-state index in [9.17, 15) is 14.0 Å². The summed E-state index contributed by atoms with van der Waals surface area (Å²) in [6, 6.07) is 3.77. The van der Waals surface area contributed by atoms with Crippen molar-refractivity contribution in [3.05, 3.63) is 35.1 Å². The van der Waals surface area contributed by atoms with E-state index in [4.69, 9.17) is 0 Å². The van der Waals surface area contributed by atoms with Crippen LogP contribution >= 0.6 is 0 Å². The number of rotatable bonds is 4. The lowest BCUT2D eigenvalue weighted by Gasteiger charge is -2.04. The molecule has 0 aromatic heterocycles. The highest BCUT2D eigenvalue weighted by atomic mass is 19.1. The molecular weight excluding hydrogens is 211 g/mol. The van der Waals surface area contributed by atoms with Crippen LogP contribution in [0.25, 0.3) is 0 Å². The van der Waals surface area contributed by atoms with Crippen LogP contribution in [0, 0.1) is 5.82 Å². The first-order valence-corrected chi connectivity index (χ1v) is 5.10. The summed E-state index contributed by atoms with van der Waals surface area (Å²) >= 11 is 0. The number of carbonyl (C=O) groups is 2. The van der Waals surface area contributed by atoms with Gasteiger partial charge in [0.05, 0.1) is 12.2 Å². The van der Waals surface area contributed by atoms with Crippen molar-refractivity contribution in [3.8, 4) is 0 Å². The fourth-order valence-corrected chi connectivity index (χ4v) is 1.27. The van der Waals surface area contributed by atoms with Gasteiger partial charge in [-0.25, -0.2) is 9.18 Å². The van der Waals surface area contributed by atoms with Gasteiger partial charge in [-0.1, -0.05) is 13.0 Å². The fourth-order valence-electron chi connectivity index (χ4n) is 1.27. The zero-order valence-electron chi connectivity index (χ0n) is 9.25. The van der Waals surface area contributed by atoms with E-state index < -0.39 is 11.8 Å². The lowest BCUT2D eigenvalue weighted by molar-refractivity contribution is 0.0520. The Balaban J connectivity index is 3.00. The molecule has 0 N–H and O–H groups in total. The van der Waals surface area contributed by atoms with Gasteiger partial charge >= 0.3 is 5.97 Å². The van der Waals surface area contributed by atoms with E-state index in [0.29, 0.717) is 6.42 Å². The first kappa shape index (κ1) is 12.4. The smallest absolute Gasteiger partial charge is 0.341 e. The molecule has 86 valence electrons. The molecule has 1 aromatic carbocycles. The Morgan fingerprint density at radius 1 is 1.31 bits per heavy atom. The summed E-state index contributed by atoms with van der Waals surface area (Å²) in [6.07, 6.45) is 0.304. The predicted octanol–water partition coefficient (Wildman–Crippen LogP) is 2.60. The summed E-state index contributed by atoms with van der Waals surface area (Å²) in [5.74, 6) is -1.59. The van der Waals surface area contributed by atoms with Gasteiger partial charge in [0, 0.05) is 12.0 Å². The van der Waals surface area contributed by atoms with Crippen molar-refractivity contribution in [2.24, 2.45) is 0 Å². The Morgan fingerprint density at radius 2 is 2.00 bits per heavy atom. The van der Waals surface area contributed by atoms with Crippen LogP contribution in [0.4, 0.5) is 4.39 Å². The Morgan fingerprint density at radius 3 is 2.50 bits per heavy atom. The van der Waals surface area contributed by atoms with Crippen LogP contribution in [0.3, 0.4) is 0 Å². The van der Waals surface area contributed by atoms with Crippen LogP contribution in [0.1, 0.15) is 41.0 Å². The van der Waals surface area contributed by atoms with Crippen LogP contribution in [0.15, 0.2) is 18.2 Å². The number of hydrogen-bond acceptors (Lipinski definition) is 3. The zero-order chi connectivity index (χ0) is 12.1. The molecule has 0 bridgehead atoms. The zero-order valence-corrected chi connectivity index (χ0v) is 9.25. The molecule has 0 saturated heterocycles. The van der Waals surface area contributed by atoms with Crippen molar-refractivity contribution in [1.82, 2.24) is 0 Å². The Bertz CT molecular complexity index is 413. The second-order valence-corrected chi connectivity index (χ2v) is 3.19. The quantitative estimate of drug-likeness (QED) is 0.583. The van der Waals surface area contributed by atoms with Gasteiger partial charge in [-0.15, -0.1) is 0 Å². The lowest BCUT2D eigenvalue weighted by Crippen LogP contribution is -2.08. The number of ketones is 1. The molecular formula is C12H13FO3. The molecule has 0 amide bonds. The van der Waals surface area contributed by atoms with E-state index in [0.717, 1.165) is 6.07 Å². The summed E-state index contributed by atoms with van der Waals surface area (Å²) < 4.78 is 18.1. The standard InChI is InChI=1S/C12H13FO3/c1-3-11(14)8-5-6-9(10(13)7-8)12(15)16-4-2/h5-7H,3-4H2,1-2H3. The van der Waals surface area contributed by atoms with Gasteiger partial charge in [-0.05, 0) is 19.1 Å². The molecule has 0 heterocycles. The molecule has 0 unspecified atom stereocenters. The topological polar surface area (TPSA) is 43.4 Å². The number of hydrogen-bond donors (Lipinski definition) is 0. The molecule has 0 saturated carbocycles. The summed E-state index contributed by atoms with van der Waals surface area (Å²) in [5.41, 5.74) is 0.127. The Kier molecular flexibility index (Phi) is 4.17. The van der Waals surface area contributed by atoms with E-state index >= 15 is 0 Å². The van der Waals surface area contributed by atoms with Crippen molar-refractivity contribution >= 4 is 11.8 Å². The fraction of sp³-hybridized carbons (Fsp3) is 0.333. The molecule has 0 aliphatic heterocycles. The summed E-state index contributed by atoms with van der Waals surface area (Å²) in [6.45, 7) is 3.53. The maximum Gasteiger partial charge on any atom is 0.341 e. The second-order valence-electron chi connectivity index (χ2n) is 3.19. The van der Waals surface area contributed by atoms with Crippen LogP contribution in [-0.2, 0) is 4.74 Å². The van der Waals surface area contributed by atoms with Crippen LogP contribution in [0.5, 0.6) is 0 Å². The number of ether oxygens (including phenoxy) is 1. The van der Waals surface area contributed by atoms with Crippen LogP contribution < -0.4 is 0 Å². The first-order valence-electron chi connectivity index (χ1n) is 5.10. The summed E-state index contributed by atoms with van der Waals surface area (Å²) in [5, 5.41) is 0. The predicted molar refractivity (Wildman–Crippen MR) is 57.0 cm³/mol. The highest BCUT2D eigenvalue weighted by molar-refractivity contribution is 5.97. The third-order valence-electron chi connectivity index (χ3n) is 2.11. The first-order chi connectivity index (χ1) is 7.60. The van der Waals surface area contributed by atoms with Crippen molar-refractivity contribution in [2.75, 3.05) is 6.61 Å². The maximum absolute atomic E-state index is 13.5. The van der Waals surface area contributed by atoms with E-state index in [1.54, 1.807) is 13.8 Å². The molecule has 0 fully saturated rings. The largest absolute Gasteiger partial charge is 0.462 e. The Hall–Kier alpha value is -1.71. The molecule has 0 radical (unpaired) electrons. The number of esters is 1. The van der Waals surface area contributed by atoms with Gasteiger partial charge < -0.3 is 4.74 Å². The molecule has 1 rings (SSSR count). The van der Waals surface area contributed by atoms with Crippen LogP contribution in [-0.4, -0.2) is 18.4 Å². The Labute approximate surface area is 93.2 Å². The van der Waals surface area contributed by atoms with Gasteiger partial charge in [0.1, 0.15) is 5.82 Å². The normalized spacial score (nSPS) is 9.94. The van der Waals surface area contributed by atoms with Crippen LogP contribution in [0.2, 0.25) is 0 Å². The van der Waals surface area contributed by atoms with Gasteiger partial charge in [0.25, 0.3) is 0 Å². The third kappa shape index (κ3) is 2.66. The van der Waals surface area contributed by atoms with Gasteiger partial charge in [0.15, 0.2) is 5.78 Å². The monoisotopic (exact) mass is 224 g/mol. The number of Topliss-reactive ketones (excluding diaryl/α,β-unsaturated/α-hetero) is 1. The van der Waals surface area contributed by atoms with Crippen molar-refractivity contribution in [3.63, 3.8) is 0 Å². The molecule has 0 atom stereocenters. The van der Waals surface area contributed by atoms with Crippen molar-refractivity contribution in [1.29, 1.82) is 0 Å². The van der Waals surface area contributed by atoms with Gasteiger partial charge in [-0.2, -0.15) is 0 Å². The van der Waals surface area contributed by atoms with Gasteiger partial charge in [-0.3, -0.25) is 4.79 Å². The molecule has 16 heavy (non-hydrogen) atoms. The SMILES string of the molecule is CCOC(=O)c1ccc(C(=O)CC)cc1F. The minimum absolute atomic E-state index is 0.144. The van der Waals surface area contributed by atoms with Gasteiger partial charge in [0.2, 0.25) is 0 Å². The average Bonchev–Trinajstić information content (AvgIpc) is 2.28. The highest BCUT2D eigenvalue weighted by Crippen LogP contribution is 2.13. The number of halogens is 1. The summed E-state index contributed by atoms with van der Waals surface area (Å²) in [4.78, 5) is 22.6. The minimum atomic E-state index is -0.724. The summed E-state index contributed by atoms with van der Waals surface area (Å²) in [7, 11) is 0.